The number of hydrogen-bond acceptors (Lipinski definition) is 5. The molecule has 0 radical (unpaired) electrons. The zero-order valence-electron chi connectivity index (χ0n) is 18.4. The van der Waals surface area contributed by atoms with Crippen LogP contribution >= 0.6 is 0 Å². The fourth-order valence-electron chi connectivity index (χ4n) is 3.98. The Bertz CT molecular complexity index is 820. The number of nitrogens with one attached hydrogen (secondary N) is 1. The van der Waals surface area contributed by atoms with Gasteiger partial charge in [0, 0.05) is 12.1 Å². The van der Waals surface area contributed by atoms with Crippen LogP contribution < -0.4 is 19.5 Å². The molecule has 2 aromatic carbocycles. The number of hydrogen-bond donors (Lipinski definition) is 1. The molecule has 1 aliphatic rings. The van der Waals surface area contributed by atoms with Gasteiger partial charge in [0.05, 0.1) is 27.4 Å². The van der Waals surface area contributed by atoms with Crippen LogP contribution in [0.4, 0.5) is 0 Å². The highest BCUT2D eigenvalue weighted by Gasteiger charge is 2.24. The molecule has 1 aliphatic heterocycles. The summed E-state index contributed by atoms with van der Waals surface area (Å²) < 4.78 is 16.1. The van der Waals surface area contributed by atoms with Crippen molar-refractivity contribution in [1.29, 1.82) is 0 Å². The lowest BCUT2D eigenvalue weighted by atomic mass is 10.0. The van der Waals surface area contributed by atoms with Gasteiger partial charge in [0.2, 0.25) is 5.75 Å². The minimum atomic E-state index is -0.164. The zero-order chi connectivity index (χ0) is 21.5. The SMILES string of the molecule is COc1cc(C(=O)NC[C@@H](c2ccc(C)cc2)N2CCCCC2)cc(OC)c1OC. The van der Waals surface area contributed by atoms with E-state index >= 15 is 0 Å². The van der Waals surface area contributed by atoms with Crippen LogP contribution in [0.5, 0.6) is 17.2 Å². The average molecular weight is 413 g/mol. The van der Waals surface area contributed by atoms with E-state index in [1.807, 2.05) is 0 Å². The molecule has 30 heavy (non-hydrogen) atoms. The summed E-state index contributed by atoms with van der Waals surface area (Å²) in [7, 11) is 4.64. The summed E-state index contributed by atoms with van der Waals surface area (Å²) >= 11 is 0. The van der Waals surface area contributed by atoms with Gasteiger partial charge < -0.3 is 19.5 Å². The molecule has 1 heterocycles. The van der Waals surface area contributed by atoms with Gasteiger partial charge in [0.25, 0.3) is 5.91 Å². The van der Waals surface area contributed by atoms with E-state index in [9.17, 15) is 4.79 Å². The Morgan fingerprint density at radius 1 is 0.967 bits per heavy atom. The smallest absolute Gasteiger partial charge is 0.251 e. The lowest BCUT2D eigenvalue weighted by Crippen LogP contribution is -2.40. The number of carbonyl (C=O) groups is 1. The van der Waals surface area contributed by atoms with E-state index in [4.69, 9.17) is 14.2 Å². The van der Waals surface area contributed by atoms with Crippen molar-refractivity contribution in [2.24, 2.45) is 0 Å². The fourth-order valence-corrected chi connectivity index (χ4v) is 3.98. The highest BCUT2D eigenvalue weighted by atomic mass is 16.5. The van der Waals surface area contributed by atoms with Crippen LogP contribution in [-0.4, -0.2) is 51.8 Å². The molecule has 0 bridgehead atoms. The molecule has 0 unspecified atom stereocenters. The number of likely N-dealkylation sites (tertiary alicyclic amines) is 1. The largest absolute Gasteiger partial charge is 0.493 e. The average Bonchev–Trinajstić information content (AvgIpc) is 2.79. The molecule has 162 valence electrons. The molecule has 0 aliphatic carbocycles. The maximum Gasteiger partial charge on any atom is 0.251 e. The first-order valence-electron chi connectivity index (χ1n) is 10.5. The molecule has 3 rings (SSSR count). The zero-order valence-corrected chi connectivity index (χ0v) is 18.4. The quantitative estimate of drug-likeness (QED) is 0.711. The molecule has 1 atom stereocenters. The Labute approximate surface area is 179 Å². The lowest BCUT2D eigenvalue weighted by Gasteiger charge is -2.35. The van der Waals surface area contributed by atoms with Gasteiger partial charge in [-0.25, -0.2) is 0 Å². The van der Waals surface area contributed by atoms with Gasteiger partial charge in [0.15, 0.2) is 11.5 Å². The maximum absolute atomic E-state index is 13.0. The van der Waals surface area contributed by atoms with E-state index in [1.165, 1.54) is 30.4 Å². The molecular weight excluding hydrogens is 380 g/mol. The number of methoxy groups -OCH3 is 3. The lowest BCUT2D eigenvalue weighted by molar-refractivity contribution is 0.0923. The van der Waals surface area contributed by atoms with Crippen LogP contribution in [0.1, 0.15) is 46.8 Å². The van der Waals surface area contributed by atoms with E-state index in [0.29, 0.717) is 29.4 Å². The third-order valence-electron chi connectivity index (χ3n) is 5.68. The van der Waals surface area contributed by atoms with Gasteiger partial charge in [0.1, 0.15) is 0 Å². The van der Waals surface area contributed by atoms with Gasteiger partial charge >= 0.3 is 0 Å². The van der Waals surface area contributed by atoms with Gasteiger partial charge in [-0.15, -0.1) is 0 Å². The highest BCUT2D eigenvalue weighted by Crippen LogP contribution is 2.38. The Balaban J connectivity index is 1.79. The number of benzene rings is 2. The summed E-state index contributed by atoms with van der Waals surface area (Å²) in [6.45, 7) is 4.74. The van der Waals surface area contributed by atoms with Crippen LogP contribution in [0.3, 0.4) is 0 Å². The molecule has 2 aromatic rings. The van der Waals surface area contributed by atoms with Crippen LogP contribution in [0.15, 0.2) is 36.4 Å². The predicted molar refractivity (Wildman–Crippen MR) is 118 cm³/mol. The van der Waals surface area contributed by atoms with Crippen molar-refractivity contribution in [3.63, 3.8) is 0 Å². The number of nitrogens with zero attached hydrogens (tertiary/aromatic N) is 1. The van der Waals surface area contributed by atoms with Crippen LogP contribution in [0.25, 0.3) is 0 Å². The summed E-state index contributed by atoms with van der Waals surface area (Å²) in [5, 5.41) is 3.12. The van der Waals surface area contributed by atoms with E-state index in [1.54, 1.807) is 33.5 Å². The van der Waals surface area contributed by atoms with Crippen molar-refractivity contribution in [2.45, 2.75) is 32.2 Å². The second-order valence-electron chi connectivity index (χ2n) is 7.65. The summed E-state index contributed by atoms with van der Waals surface area (Å²) in [6, 6.07) is 12.1. The van der Waals surface area contributed by atoms with Gasteiger partial charge in [-0.3, -0.25) is 9.69 Å². The molecule has 1 fully saturated rings. The normalized spacial score (nSPS) is 15.3. The number of carbonyl (C=O) groups excluding carboxylic acids is 1. The summed E-state index contributed by atoms with van der Waals surface area (Å²) in [4.78, 5) is 15.4. The van der Waals surface area contributed by atoms with Crippen LogP contribution in [0, 0.1) is 6.92 Å². The second-order valence-corrected chi connectivity index (χ2v) is 7.65. The number of rotatable bonds is 8. The van der Waals surface area contributed by atoms with E-state index < -0.39 is 0 Å². The highest BCUT2D eigenvalue weighted by molar-refractivity contribution is 5.95. The number of piperidine rings is 1. The second kappa shape index (κ2) is 10.3. The first-order valence-corrected chi connectivity index (χ1v) is 10.5. The minimum Gasteiger partial charge on any atom is -0.493 e. The molecule has 1 amide bonds. The first-order chi connectivity index (χ1) is 14.6. The maximum atomic E-state index is 13.0. The molecular formula is C24H32N2O4. The van der Waals surface area contributed by atoms with E-state index in [2.05, 4.69) is 41.4 Å². The van der Waals surface area contributed by atoms with Crippen molar-refractivity contribution in [3.8, 4) is 17.2 Å². The number of aryl methyl sites for hydroxylation is 1. The molecule has 0 saturated carbocycles. The van der Waals surface area contributed by atoms with Crippen molar-refractivity contribution < 1.29 is 19.0 Å². The standard InChI is InChI=1S/C24H32N2O4/c1-17-8-10-18(11-9-17)20(26-12-6-5-7-13-26)16-25-24(27)19-14-21(28-2)23(30-4)22(15-19)29-3/h8-11,14-15,20H,5-7,12-13,16H2,1-4H3,(H,25,27)/t20-/m0/s1. The van der Waals surface area contributed by atoms with Crippen LogP contribution in [0.2, 0.25) is 0 Å². The molecule has 0 aromatic heterocycles. The molecule has 1 saturated heterocycles. The monoisotopic (exact) mass is 412 g/mol. The van der Waals surface area contributed by atoms with E-state index in [0.717, 1.165) is 13.1 Å². The van der Waals surface area contributed by atoms with E-state index in [-0.39, 0.29) is 11.9 Å². The molecule has 6 heteroatoms. The van der Waals surface area contributed by atoms with Crippen molar-refractivity contribution >= 4 is 5.91 Å². The van der Waals surface area contributed by atoms with Gasteiger partial charge in [-0.05, 0) is 50.6 Å². The van der Waals surface area contributed by atoms with Crippen molar-refractivity contribution in [2.75, 3.05) is 41.0 Å². The predicted octanol–water partition coefficient (Wildman–Crippen LogP) is 3.98. The summed E-state index contributed by atoms with van der Waals surface area (Å²) in [5.41, 5.74) is 2.94. The minimum absolute atomic E-state index is 0.150. The first kappa shape index (κ1) is 22.0. The fraction of sp³-hybridized carbons (Fsp3) is 0.458. The molecule has 0 spiro atoms. The van der Waals surface area contributed by atoms with Gasteiger partial charge in [-0.2, -0.15) is 0 Å². The van der Waals surface area contributed by atoms with Crippen LogP contribution in [-0.2, 0) is 0 Å². The number of amides is 1. The molecule has 6 nitrogen and oxygen atoms in total. The van der Waals surface area contributed by atoms with Crippen molar-refractivity contribution in [1.82, 2.24) is 10.2 Å². The topological polar surface area (TPSA) is 60.0 Å². The third-order valence-corrected chi connectivity index (χ3v) is 5.68. The Morgan fingerprint density at radius 3 is 2.10 bits per heavy atom. The Morgan fingerprint density at radius 2 is 1.57 bits per heavy atom. The summed E-state index contributed by atoms with van der Waals surface area (Å²) in [6.07, 6.45) is 3.67. The summed E-state index contributed by atoms with van der Waals surface area (Å²) in [5.74, 6) is 1.24. The Kier molecular flexibility index (Phi) is 7.57. The molecule has 1 N–H and O–H groups in total. The number of ether oxygens (including phenoxy) is 3. The van der Waals surface area contributed by atoms with Gasteiger partial charge in [-0.1, -0.05) is 36.2 Å². The Hall–Kier alpha value is -2.73. The third kappa shape index (κ3) is 5.05. The van der Waals surface area contributed by atoms with Crippen molar-refractivity contribution in [3.05, 3.63) is 53.1 Å².